The zero-order valence-corrected chi connectivity index (χ0v) is 12.1. The predicted octanol–water partition coefficient (Wildman–Crippen LogP) is 1.75. The minimum Gasteiger partial charge on any atom is -0.391 e. The summed E-state index contributed by atoms with van der Waals surface area (Å²) in [6.07, 6.45) is 0.0991. The SMILES string of the molecule is Cc1c(Cl)cc(C(=O)N[C@@H]2CNCC[C@H]2O)cc1Cl. The van der Waals surface area contributed by atoms with E-state index in [2.05, 4.69) is 10.6 Å². The molecule has 1 heterocycles. The minimum absolute atomic E-state index is 0.281. The van der Waals surface area contributed by atoms with Crippen molar-refractivity contribution in [2.45, 2.75) is 25.5 Å². The number of amides is 1. The maximum Gasteiger partial charge on any atom is 0.251 e. The van der Waals surface area contributed by atoms with Crippen LogP contribution in [-0.2, 0) is 0 Å². The van der Waals surface area contributed by atoms with Crippen LogP contribution in [0, 0.1) is 6.92 Å². The summed E-state index contributed by atoms with van der Waals surface area (Å²) in [6, 6.07) is 2.88. The van der Waals surface area contributed by atoms with Gasteiger partial charge in [-0.25, -0.2) is 0 Å². The molecule has 3 N–H and O–H groups in total. The van der Waals surface area contributed by atoms with E-state index < -0.39 is 6.10 Å². The molecular formula is C13H16Cl2N2O2. The first kappa shape index (κ1) is 14.6. The molecule has 19 heavy (non-hydrogen) atoms. The van der Waals surface area contributed by atoms with Crippen LogP contribution in [0.2, 0.25) is 10.0 Å². The fraction of sp³-hybridized carbons (Fsp3) is 0.462. The Morgan fingerprint density at radius 3 is 2.63 bits per heavy atom. The molecule has 1 saturated heterocycles. The lowest BCUT2D eigenvalue weighted by Crippen LogP contribution is -2.53. The molecule has 1 fully saturated rings. The molecule has 1 amide bonds. The molecule has 1 aromatic rings. The van der Waals surface area contributed by atoms with Crippen LogP contribution in [0.5, 0.6) is 0 Å². The van der Waals surface area contributed by atoms with Gasteiger partial charge in [0.2, 0.25) is 0 Å². The number of carbonyl (C=O) groups excluding carboxylic acids is 1. The lowest BCUT2D eigenvalue weighted by atomic mass is 10.0. The van der Waals surface area contributed by atoms with Crippen LogP contribution in [0.1, 0.15) is 22.3 Å². The van der Waals surface area contributed by atoms with Crippen molar-refractivity contribution in [3.63, 3.8) is 0 Å². The van der Waals surface area contributed by atoms with Gasteiger partial charge in [0, 0.05) is 22.2 Å². The minimum atomic E-state index is -0.526. The summed E-state index contributed by atoms with van der Waals surface area (Å²) in [7, 11) is 0. The molecule has 4 nitrogen and oxygen atoms in total. The van der Waals surface area contributed by atoms with E-state index in [0.717, 1.165) is 12.1 Å². The fourth-order valence-corrected chi connectivity index (χ4v) is 2.51. The Balaban J connectivity index is 2.11. The summed E-state index contributed by atoms with van der Waals surface area (Å²) in [5.41, 5.74) is 1.15. The van der Waals surface area contributed by atoms with Crippen LogP contribution in [0.25, 0.3) is 0 Å². The van der Waals surface area contributed by atoms with Crippen LogP contribution >= 0.6 is 23.2 Å². The standard InChI is InChI=1S/C13H16Cl2N2O2/c1-7-9(14)4-8(5-10(7)15)13(19)17-11-6-16-3-2-12(11)18/h4-5,11-12,16,18H,2-3,6H2,1H3,(H,17,19)/t11-,12-/m1/s1. The highest BCUT2D eigenvalue weighted by Crippen LogP contribution is 2.25. The van der Waals surface area contributed by atoms with Gasteiger partial charge in [-0.3, -0.25) is 4.79 Å². The van der Waals surface area contributed by atoms with Gasteiger partial charge in [0.1, 0.15) is 0 Å². The van der Waals surface area contributed by atoms with Gasteiger partial charge in [-0.05, 0) is 37.6 Å². The Kier molecular flexibility index (Phi) is 4.68. The maximum atomic E-state index is 12.1. The van der Waals surface area contributed by atoms with Gasteiger partial charge in [-0.15, -0.1) is 0 Å². The lowest BCUT2D eigenvalue weighted by Gasteiger charge is -2.29. The first-order valence-corrected chi connectivity index (χ1v) is 6.90. The van der Waals surface area contributed by atoms with Gasteiger partial charge < -0.3 is 15.7 Å². The van der Waals surface area contributed by atoms with E-state index in [1.54, 1.807) is 19.1 Å². The van der Waals surface area contributed by atoms with E-state index >= 15 is 0 Å². The molecule has 1 aliphatic heterocycles. The van der Waals surface area contributed by atoms with Crippen molar-refractivity contribution < 1.29 is 9.90 Å². The van der Waals surface area contributed by atoms with E-state index in [4.69, 9.17) is 23.2 Å². The average Bonchev–Trinajstić information content (AvgIpc) is 2.38. The second kappa shape index (κ2) is 6.09. The average molecular weight is 303 g/mol. The Labute approximate surface area is 122 Å². The topological polar surface area (TPSA) is 61.4 Å². The van der Waals surface area contributed by atoms with Crippen LogP contribution in [0.15, 0.2) is 12.1 Å². The highest BCUT2D eigenvalue weighted by molar-refractivity contribution is 6.36. The molecule has 1 aliphatic rings. The number of aliphatic hydroxyl groups is 1. The number of hydrogen-bond donors (Lipinski definition) is 3. The maximum absolute atomic E-state index is 12.1. The zero-order chi connectivity index (χ0) is 14.0. The first-order chi connectivity index (χ1) is 8.99. The molecule has 0 saturated carbocycles. The van der Waals surface area contributed by atoms with Gasteiger partial charge >= 0.3 is 0 Å². The number of rotatable bonds is 2. The van der Waals surface area contributed by atoms with Crippen molar-refractivity contribution in [1.29, 1.82) is 0 Å². The molecule has 0 bridgehead atoms. The van der Waals surface area contributed by atoms with E-state index in [1.807, 2.05) is 0 Å². The Hall–Kier alpha value is -0.810. The summed E-state index contributed by atoms with van der Waals surface area (Å²) in [5.74, 6) is -0.281. The Bertz CT molecular complexity index is 471. The summed E-state index contributed by atoms with van der Waals surface area (Å²) in [5, 5.41) is 16.6. The monoisotopic (exact) mass is 302 g/mol. The number of aliphatic hydroxyl groups excluding tert-OH is 1. The molecule has 0 spiro atoms. The number of carbonyl (C=O) groups is 1. The van der Waals surface area contributed by atoms with Crippen molar-refractivity contribution in [3.05, 3.63) is 33.3 Å². The molecule has 0 aromatic heterocycles. The Morgan fingerprint density at radius 2 is 2.05 bits per heavy atom. The third-order valence-electron chi connectivity index (χ3n) is 3.31. The quantitative estimate of drug-likeness (QED) is 0.780. The highest BCUT2D eigenvalue weighted by Gasteiger charge is 2.25. The van der Waals surface area contributed by atoms with Crippen LogP contribution in [0.4, 0.5) is 0 Å². The van der Waals surface area contributed by atoms with Crippen molar-refractivity contribution in [3.8, 4) is 0 Å². The number of benzene rings is 1. The summed E-state index contributed by atoms with van der Waals surface area (Å²) < 4.78 is 0. The summed E-state index contributed by atoms with van der Waals surface area (Å²) >= 11 is 12.0. The second-order valence-electron chi connectivity index (χ2n) is 4.70. The third kappa shape index (κ3) is 3.39. The van der Waals surface area contributed by atoms with Crippen molar-refractivity contribution in [2.75, 3.05) is 13.1 Å². The molecule has 104 valence electrons. The Morgan fingerprint density at radius 1 is 1.42 bits per heavy atom. The van der Waals surface area contributed by atoms with Crippen LogP contribution in [0.3, 0.4) is 0 Å². The van der Waals surface area contributed by atoms with Crippen LogP contribution in [-0.4, -0.2) is 36.2 Å². The highest BCUT2D eigenvalue weighted by atomic mass is 35.5. The van der Waals surface area contributed by atoms with E-state index in [1.165, 1.54) is 0 Å². The summed E-state index contributed by atoms with van der Waals surface area (Å²) in [4.78, 5) is 12.1. The largest absolute Gasteiger partial charge is 0.391 e. The molecular weight excluding hydrogens is 287 g/mol. The molecule has 0 radical (unpaired) electrons. The molecule has 2 atom stereocenters. The number of nitrogens with one attached hydrogen (secondary N) is 2. The van der Waals surface area contributed by atoms with E-state index in [9.17, 15) is 9.90 Å². The van der Waals surface area contributed by atoms with Crippen molar-refractivity contribution in [1.82, 2.24) is 10.6 Å². The van der Waals surface area contributed by atoms with Crippen molar-refractivity contribution >= 4 is 29.1 Å². The molecule has 0 unspecified atom stereocenters. The smallest absolute Gasteiger partial charge is 0.251 e. The molecule has 1 aromatic carbocycles. The number of piperidine rings is 1. The lowest BCUT2D eigenvalue weighted by molar-refractivity contribution is 0.0755. The molecule has 0 aliphatic carbocycles. The normalized spacial score (nSPS) is 23.2. The third-order valence-corrected chi connectivity index (χ3v) is 4.09. The van der Waals surface area contributed by atoms with Gasteiger partial charge in [0.25, 0.3) is 5.91 Å². The number of hydrogen-bond acceptors (Lipinski definition) is 3. The predicted molar refractivity (Wildman–Crippen MR) is 75.9 cm³/mol. The van der Waals surface area contributed by atoms with Gasteiger partial charge in [-0.1, -0.05) is 23.2 Å². The second-order valence-corrected chi connectivity index (χ2v) is 5.52. The number of halogens is 2. The van der Waals surface area contributed by atoms with E-state index in [-0.39, 0.29) is 11.9 Å². The van der Waals surface area contributed by atoms with Crippen molar-refractivity contribution in [2.24, 2.45) is 0 Å². The van der Waals surface area contributed by atoms with Crippen LogP contribution < -0.4 is 10.6 Å². The first-order valence-electron chi connectivity index (χ1n) is 6.14. The van der Waals surface area contributed by atoms with Gasteiger partial charge in [0.15, 0.2) is 0 Å². The van der Waals surface area contributed by atoms with Gasteiger partial charge in [-0.2, -0.15) is 0 Å². The molecule has 2 rings (SSSR count). The molecule has 6 heteroatoms. The fourth-order valence-electron chi connectivity index (χ4n) is 2.02. The summed E-state index contributed by atoms with van der Waals surface area (Å²) in [6.45, 7) is 3.11. The zero-order valence-electron chi connectivity index (χ0n) is 10.5. The van der Waals surface area contributed by atoms with E-state index in [0.29, 0.717) is 28.6 Å². The van der Waals surface area contributed by atoms with Gasteiger partial charge in [0.05, 0.1) is 12.1 Å².